The Morgan fingerprint density at radius 3 is 1.17 bits per heavy atom. The Balaban J connectivity index is -0.0000000450. The van der Waals surface area contributed by atoms with Gasteiger partial charge in [-0.15, -0.1) is 0 Å². The van der Waals surface area contributed by atoms with Crippen molar-refractivity contribution in [2.75, 3.05) is 11.5 Å². The minimum Gasteiger partial charge on any atom is -1.00 e. The van der Waals surface area contributed by atoms with E-state index in [0.717, 1.165) is 11.5 Å². The SMILES string of the molecule is [I-].[S-]CC[S-].[Sb+3]. The summed E-state index contributed by atoms with van der Waals surface area (Å²) >= 11 is 8.90. The third kappa shape index (κ3) is 16.3. The Bertz CT molecular complexity index is 13.5. The van der Waals surface area contributed by atoms with Crippen molar-refractivity contribution in [2.24, 2.45) is 0 Å². The molecule has 0 aromatic rings. The minimum absolute atomic E-state index is 0. The van der Waals surface area contributed by atoms with Gasteiger partial charge >= 0.3 is 24.4 Å². The third-order valence-electron chi connectivity index (χ3n) is 0.0833. The Morgan fingerprint density at radius 1 is 1.00 bits per heavy atom. The molecule has 0 aliphatic heterocycles. The van der Waals surface area contributed by atoms with Crippen LogP contribution in [-0.2, 0) is 25.3 Å². The van der Waals surface area contributed by atoms with E-state index in [4.69, 9.17) is 0 Å². The topological polar surface area (TPSA) is 0 Å². The molecule has 0 aromatic heterocycles. The number of halogens is 1. The molecule has 0 spiro atoms. The fourth-order valence-corrected chi connectivity index (χ4v) is 0. The van der Waals surface area contributed by atoms with Crippen LogP contribution in [0.5, 0.6) is 0 Å². The normalized spacial score (nSPS) is 5.00. The summed E-state index contributed by atoms with van der Waals surface area (Å²) in [5.41, 5.74) is 0. The Morgan fingerprint density at radius 2 is 1.17 bits per heavy atom. The molecule has 0 aliphatic carbocycles. The molecule has 0 unspecified atom stereocenters. The molecular weight excluding hydrogens is 337 g/mol. The maximum absolute atomic E-state index is 4.45. The van der Waals surface area contributed by atoms with Gasteiger partial charge in [-0.25, -0.2) is 0 Å². The number of hydrogen-bond donors (Lipinski definition) is 0. The first-order valence-electron chi connectivity index (χ1n) is 1.08. The summed E-state index contributed by atoms with van der Waals surface area (Å²) in [7, 11) is 0. The number of rotatable bonds is 1. The molecule has 0 amide bonds. The maximum atomic E-state index is 4.45. The van der Waals surface area contributed by atoms with Gasteiger partial charge in [0.05, 0.1) is 0 Å². The zero-order valence-corrected chi connectivity index (χ0v) is 9.40. The molecular formula is C2H4IS2Sb. The molecule has 4 heteroatoms. The van der Waals surface area contributed by atoms with Crippen molar-refractivity contribution in [3.05, 3.63) is 0 Å². The van der Waals surface area contributed by atoms with E-state index in [0.29, 0.717) is 0 Å². The first-order chi connectivity index (χ1) is 1.91. The van der Waals surface area contributed by atoms with Crippen LogP contribution in [-0.4, -0.2) is 35.9 Å². The van der Waals surface area contributed by atoms with Gasteiger partial charge in [0.2, 0.25) is 0 Å². The molecule has 0 fully saturated rings. The van der Waals surface area contributed by atoms with Crippen molar-refractivity contribution >= 4 is 49.7 Å². The molecule has 0 saturated carbocycles. The van der Waals surface area contributed by atoms with Gasteiger partial charge in [-0.2, -0.15) is 11.5 Å². The Hall–Kier alpha value is 2.25. The predicted octanol–water partition coefficient (Wildman–Crippen LogP) is -3.30. The van der Waals surface area contributed by atoms with E-state index in [1.165, 1.54) is 0 Å². The van der Waals surface area contributed by atoms with E-state index in [2.05, 4.69) is 25.3 Å². The van der Waals surface area contributed by atoms with E-state index in [9.17, 15) is 0 Å². The molecule has 0 heterocycles. The molecule has 0 nitrogen and oxygen atoms in total. The largest absolute Gasteiger partial charge is 3.00 e. The zero-order chi connectivity index (χ0) is 3.41. The summed E-state index contributed by atoms with van der Waals surface area (Å²) in [6.07, 6.45) is 0. The van der Waals surface area contributed by atoms with Gasteiger partial charge < -0.3 is 49.2 Å². The van der Waals surface area contributed by atoms with Gasteiger partial charge in [0.15, 0.2) is 0 Å². The molecule has 0 bridgehead atoms. The molecule has 0 aromatic carbocycles. The van der Waals surface area contributed by atoms with Crippen molar-refractivity contribution in [1.29, 1.82) is 0 Å². The van der Waals surface area contributed by atoms with Crippen LogP contribution >= 0.6 is 0 Å². The van der Waals surface area contributed by atoms with Gasteiger partial charge in [0.25, 0.3) is 0 Å². The van der Waals surface area contributed by atoms with E-state index in [1.54, 1.807) is 0 Å². The van der Waals surface area contributed by atoms with Crippen LogP contribution in [0.3, 0.4) is 0 Å². The fourth-order valence-electron chi connectivity index (χ4n) is 0. The first-order valence-corrected chi connectivity index (χ1v) is 2.23. The summed E-state index contributed by atoms with van der Waals surface area (Å²) in [6, 6.07) is 0. The van der Waals surface area contributed by atoms with Crippen molar-refractivity contribution in [3.63, 3.8) is 0 Å². The Kier molecular flexibility index (Phi) is 41.1. The third-order valence-corrected chi connectivity index (χ3v) is 0.750. The Labute approximate surface area is 84.1 Å². The van der Waals surface area contributed by atoms with E-state index >= 15 is 0 Å². The zero-order valence-electron chi connectivity index (χ0n) is 3.06. The van der Waals surface area contributed by atoms with Gasteiger partial charge in [-0.1, -0.05) is 0 Å². The average Bonchev–Trinajstić information content (AvgIpc) is 1.37. The summed E-state index contributed by atoms with van der Waals surface area (Å²) in [5, 5.41) is 0. The van der Waals surface area contributed by atoms with Crippen molar-refractivity contribution < 1.29 is 24.0 Å². The second kappa shape index (κ2) is 15.7. The monoisotopic (exact) mass is 340 g/mol. The summed E-state index contributed by atoms with van der Waals surface area (Å²) in [5.74, 6) is 1.44. The maximum Gasteiger partial charge on any atom is 3.00 e. The molecule has 0 aliphatic rings. The number of hydrogen-bond acceptors (Lipinski definition) is 2. The van der Waals surface area contributed by atoms with Crippen LogP contribution < -0.4 is 24.0 Å². The molecule has 2 radical (unpaired) electrons. The average molecular weight is 341 g/mol. The van der Waals surface area contributed by atoms with Gasteiger partial charge in [-0.05, 0) is 0 Å². The van der Waals surface area contributed by atoms with E-state index < -0.39 is 0 Å². The molecule has 36 valence electrons. The molecule has 6 heavy (non-hydrogen) atoms. The summed E-state index contributed by atoms with van der Waals surface area (Å²) in [4.78, 5) is 0. The van der Waals surface area contributed by atoms with E-state index in [-0.39, 0.29) is 48.4 Å². The van der Waals surface area contributed by atoms with Crippen LogP contribution in [0.2, 0.25) is 0 Å². The molecule has 0 rings (SSSR count). The van der Waals surface area contributed by atoms with Crippen LogP contribution in [0.15, 0.2) is 0 Å². The van der Waals surface area contributed by atoms with Crippen molar-refractivity contribution in [3.8, 4) is 0 Å². The first kappa shape index (κ1) is 15.7. The second-order valence-electron chi connectivity index (χ2n) is 0.408. The van der Waals surface area contributed by atoms with Crippen LogP contribution in [0.25, 0.3) is 0 Å². The smallest absolute Gasteiger partial charge is 1.00 e. The standard InChI is InChI=1S/C2H6S2.HI.Sb/c3-1-2-4;;/h3-4H,1-2H2;1H;/q;;+3/p-3. The molecule has 0 N–H and O–H groups in total. The quantitative estimate of drug-likeness (QED) is 0.279. The van der Waals surface area contributed by atoms with Gasteiger partial charge in [-0.3, -0.25) is 0 Å². The van der Waals surface area contributed by atoms with Gasteiger partial charge in [0, 0.05) is 0 Å². The summed E-state index contributed by atoms with van der Waals surface area (Å²) < 4.78 is 0. The van der Waals surface area contributed by atoms with Gasteiger partial charge in [0.1, 0.15) is 0 Å². The van der Waals surface area contributed by atoms with Crippen molar-refractivity contribution in [1.82, 2.24) is 0 Å². The van der Waals surface area contributed by atoms with Crippen LogP contribution in [0.4, 0.5) is 0 Å². The fraction of sp³-hybridized carbons (Fsp3) is 1.00. The van der Waals surface area contributed by atoms with Crippen molar-refractivity contribution in [2.45, 2.75) is 0 Å². The predicted molar refractivity (Wildman–Crippen MR) is 30.2 cm³/mol. The molecule has 0 atom stereocenters. The molecule has 0 saturated heterocycles. The van der Waals surface area contributed by atoms with E-state index in [1.807, 2.05) is 0 Å². The second-order valence-corrected chi connectivity index (χ2v) is 1.22. The van der Waals surface area contributed by atoms with Crippen LogP contribution in [0, 0.1) is 0 Å². The minimum atomic E-state index is 0. The van der Waals surface area contributed by atoms with Crippen LogP contribution in [0.1, 0.15) is 0 Å². The summed E-state index contributed by atoms with van der Waals surface area (Å²) in [6.45, 7) is 0.